The first kappa shape index (κ1) is 13.2. The van der Waals surface area contributed by atoms with E-state index in [1.54, 1.807) is 18.9 Å². The fourth-order valence-corrected chi connectivity index (χ4v) is 2.31. The van der Waals surface area contributed by atoms with Crippen LogP contribution in [0.15, 0.2) is 18.2 Å². The largest absolute Gasteiger partial charge is 0.495 e. The summed E-state index contributed by atoms with van der Waals surface area (Å²) in [5.41, 5.74) is 1.07. The first-order valence-electron chi connectivity index (χ1n) is 4.75. The highest BCUT2D eigenvalue weighted by Gasteiger charge is 2.02. The van der Waals surface area contributed by atoms with Crippen molar-refractivity contribution in [1.82, 2.24) is 0 Å². The van der Waals surface area contributed by atoms with Crippen molar-refractivity contribution in [3.8, 4) is 5.75 Å². The normalized spacial score (nSPS) is 10.1. The fraction of sp³-hybridized carbons (Fsp3) is 0.364. The Kier molecular flexibility index (Phi) is 5.49. The topological polar surface area (TPSA) is 46.5 Å². The van der Waals surface area contributed by atoms with E-state index in [4.69, 9.17) is 21.4 Å². The molecule has 0 spiro atoms. The lowest BCUT2D eigenvalue weighted by Gasteiger charge is -2.05. The minimum absolute atomic E-state index is 0.189. The fourth-order valence-electron chi connectivity index (χ4n) is 1.15. The molecule has 0 aliphatic heterocycles. The van der Waals surface area contributed by atoms with Crippen LogP contribution in [0.5, 0.6) is 5.75 Å². The summed E-state index contributed by atoms with van der Waals surface area (Å²) in [6, 6.07) is 5.59. The van der Waals surface area contributed by atoms with Gasteiger partial charge < -0.3 is 9.84 Å². The number of carbonyl (C=O) groups is 1. The van der Waals surface area contributed by atoms with Gasteiger partial charge in [-0.25, -0.2) is 0 Å². The number of hydrogen-bond acceptors (Lipinski definition) is 3. The van der Waals surface area contributed by atoms with Crippen LogP contribution in [0.2, 0.25) is 5.02 Å². The molecule has 0 aromatic heterocycles. The number of ether oxygens (including phenoxy) is 1. The molecule has 0 aliphatic rings. The molecule has 0 radical (unpaired) electrons. The van der Waals surface area contributed by atoms with Gasteiger partial charge in [-0.15, -0.1) is 0 Å². The van der Waals surface area contributed by atoms with E-state index in [0.717, 1.165) is 11.3 Å². The Bertz CT molecular complexity index is 368. The Hall–Kier alpha value is -0.870. The molecule has 0 atom stereocenters. The van der Waals surface area contributed by atoms with Crippen LogP contribution in [0.3, 0.4) is 0 Å². The molecule has 5 heteroatoms. The third kappa shape index (κ3) is 4.33. The molecule has 0 amide bonds. The van der Waals surface area contributed by atoms with Crippen LogP contribution in [-0.2, 0) is 10.5 Å². The van der Waals surface area contributed by atoms with Crippen molar-refractivity contribution >= 4 is 29.3 Å². The smallest absolute Gasteiger partial charge is 0.304 e. The standard InChI is InChI=1S/C11H13ClO3S/c1-15-10-3-2-8(6-9(10)12)7-16-5-4-11(13)14/h2-3,6H,4-5,7H2,1H3,(H,13,14). The van der Waals surface area contributed by atoms with Crippen molar-refractivity contribution in [2.75, 3.05) is 12.9 Å². The lowest BCUT2D eigenvalue weighted by Crippen LogP contribution is -1.96. The van der Waals surface area contributed by atoms with Crippen molar-refractivity contribution in [2.45, 2.75) is 12.2 Å². The van der Waals surface area contributed by atoms with Crippen LogP contribution in [0.4, 0.5) is 0 Å². The van der Waals surface area contributed by atoms with E-state index in [1.165, 1.54) is 0 Å². The maximum Gasteiger partial charge on any atom is 0.304 e. The molecular formula is C11H13ClO3S. The quantitative estimate of drug-likeness (QED) is 0.799. The Labute approximate surface area is 104 Å². The summed E-state index contributed by atoms with van der Waals surface area (Å²) in [5.74, 6) is 1.26. The Morgan fingerprint density at radius 1 is 1.56 bits per heavy atom. The van der Waals surface area contributed by atoms with Gasteiger partial charge in [0.25, 0.3) is 0 Å². The van der Waals surface area contributed by atoms with E-state index in [1.807, 2.05) is 18.2 Å². The minimum atomic E-state index is -0.764. The van der Waals surface area contributed by atoms with Gasteiger partial charge in [0.15, 0.2) is 0 Å². The van der Waals surface area contributed by atoms with Crippen LogP contribution in [0.1, 0.15) is 12.0 Å². The number of carboxylic acid groups (broad SMARTS) is 1. The third-order valence-corrected chi connectivity index (χ3v) is 3.27. The van der Waals surface area contributed by atoms with Crippen LogP contribution < -0.4 is 4.74 Å². The number of thioether (sulfide) groups is 1. The van der Waals surface area contributed by atoms with Gasteiger partial charge in [0.1, 0.15) is 5.75 Å². The van der Waals surface area contributed by atoms with Crippen LogP contribution in [0.25, 0.3) is 0 Å². The van der Waals surface area contributed by atoms with Crippen molar-refractivity contribution in [3.05, 3.63) is 28.8 Å². The van der Waals surface area contributed by atoms with Crippen LogP contribution >= 0.6 is 23.4 Å². The number of carboxylic acids is 1. The van der Waals surface area contributed by atoms with E-state index in [2.05, 4.69) is 0 Å². The molecule has 0 saturated carbocycles. The number of aliphatic carboxylic acids is 1. The van der Waals surface area contributed by atoms with Gasteiger partial charge in [0.05, 0.1) is 18.6 Å². The maximum absolute atomic E-state index is 10.3. The minimum Gasteiger partial charge on any atom is -0.495 e. The van der Waals surface area contributed by atoms with Crippen LogP contribution in [0, 0.1) is 0 Å². The van der Waals surface area contributed by atoms with Crippen molar-refractivity contribution < 1.29 is 14.6 Å². The highest BCUT2D eigenvalue weighted by Crippen LogP contribution is 2.26. The van der Waals surface area contributed by atoms with E-state index < -0.39 is 5.97 Å². The average molecular weight is 261 g/mol. The molecule has 0 heterocycles. The van der Waals surface area contributed by atoms with Crippen molar-refractivity contribution in [1.29, 1.82) is 0 Å². The van der Waals surface area contributed by atoms with Crippen molar-refractivity contribution in [2.24, 2.45) is 0 Å². The number of methoxy groups -OCH3 is 1. The third-order valence-electron chi connectivity index (χ3n) is 1.95. The first-order valence-corrected chi connectivity index (χ1v) is 6.28. The lowest BCUT2D eigenvalue weighted by atomic mass is 10.2. The Balaban J connectivity index is 2.43. The molecule has 0 saturated heterocycles. The molecule has 3 nitrogen and oxygen atoms in total. The lowest BCUT2D eigenvalue weighted by molar-refractivity contribution is -0.136. The summed E-state index contributed by atoms with van der Waals surface area (Å²) in [5, 5.41) is 9.05. The molecule has 1 aromatic rings. The second-order valence-electron chi connectivity index (χ2n) is 3.17. The second-order valence-corrected chi connectivity index (χ2v) is 4.68. The number of benzene rings is 1. The summed E-state index contributed by atoms with van der Waals surface area (Å²) in [6.07, 6.45) is 0.189. The van der Waals surface area contributed by atoms with Gasteiger partial charge in [-0.2, -0.15) is 11.8 Å². The van der Waals surface area contributed by atoms with Gasteiger partial charge in [0.2, 0.25) is 0 Å². The van der Waals surface area contributed by atoms with Crippen LogP contribution in [-0.4, -0.2) is 23.9 Å². The Morgan fingerprint density at radius 2 is 2.31 bits per heavy atom. The highest BCUT2D eigenvalue weighted by molar-refractivity contribution is 7.98. The van der Waals surface area contributed by atoms with E-state index in [-0.39, 0.29) is 6.42 Å². The molecule has 0 fully saturated rings. The first-order chi connectivity index (χ1) is 7.63. The molecule has 0 aliphatic carbocycles. The SMILES string of the molecule is COc1ccc(CSCCC(=O)O)cc1Cl. The summed E-state index contributed by atoms with van der Waals surface area (Å²) in [7, 11) is 1.57. The average Bonchev–Trinajstić information content (AvgIpc) is 2.24. The molecular weight excluding hydrogens is 248 g/mol. The van der Waals surface area contributed by atoms with Gasteiger partial charge in [-0.3, -0.25) is 4.79 Å². The summed E-state index contributed by atoms with van der Waals surface area (Å²) in [4.78, 5) is 10.3. The van der Waals surface area contributed by atoms with E-state index in [9.17, 15) is 4.79 Å². The van der Waals surface area contributed by atoms with E-state index >= 15 is 0 Å². The predicted octanol–water partition coefficient (Wildman–Crippen LogP) is 3.06. The predicted molar refractivity (Wildman–Crippen MR) is 66.4 cm³/mol. The highest BCUT2D eigenvalue weighted by atomic mass is 35.5. The summed E-state index contributed by atoms with van der Waals surface area (Å²) >= 11 is 7.54. The van der Waals surface area contributed by atoms with Gasteiger partial charge in [0, 0.05) is 11.5 Å². The van der Waals surface area contributed by atoms with Gasteiger partial charge in [-0.1, -0.05) is 17.7 Å². The Morgan fingerprint density at radius 3 is 2.88 bits per heavy atom. The second kappa shape index (κ2) is 6.66. The molecule has 16 heavy (non-hydrogen) atoms. The monoisotopic (exact) mass is 260 g/mol. The summed E-state index contributed by atoms with van der Waals surface area (Å²) in [6.45, 7) is 0. The van der Waals surface area contributed by atoms with Gasteiger partial charge >= 0.3 is 5.97 Å². The molecule has 1 N–H and O–H groups in total. The molecule has 0 bridgehead atoms. The summed E-state index contributed by atoms with van der Waals surface area (Å²) < 4.78 is 5.04. The van der Waals surface area contributed by atoms with Crippen molar-refractivity contribution in [3.63, 3.8) is 0 Å². The molecule has 1 rings (SSSR count). The van der Waals surface area contributed by atoms with E-state index in [0.29, 0.717) is 16.5 Å². The molecule has 0 unspecified atom stereocenters. The number of hydrogen-bond donors (Lipinski definition) is 1. The number of rotatable bonds is 6. The molecule has 1 aromatic carbocycles. The maximum atomic E-state index is 10.3. The molecule has 88 valence electrons. The van der Waals surface area contributed by atoms with Gasteiger partial charge in [-0.05, 0) is 17.7 Å². The number of halogens is 1. The zero-order valence-electron chi connectivity index (χ0n) is 8.90. The zero-order chi connectivity index (χ0) is 12.0. The zero-order valence-corrected chi connectivity index (χ0v) is 10.5.